The molecule has 1 rings (SSSR count). The summed E-state index contributed by atoms with van der Waals surface area (Å²) in [6, 6.07) is 3.60. The molecule has 0 spiro atoms. The number of pyridine rings is 1. The van der Waals surface area contributed by atoms with E-state index in [9.17, 15) is 5.21 Å². The van der Waals surface area contributed by atoms with Crippen LogP contribution in [0.2, 0.25) is 0 Å². The zero-order valence-corrected chi connectivity index (χ0v) is 8.00. The molecule has 1 aromatic rings. The Labute approximate surface area is 74.0 Å². The van der Waals surface area contributed by atoms with Crippen molar-refractivity contribution in [2.45, 2.75) is 0 Å². The van der Waals surface area contributed by atoms with Crippen LogP contribution in [0.15, 0.2) is 22.8 Å². The van der Waals surface area contributed by atoms with Gasteiger partial charge in [-0.05, 0) is 22.0 Å². The van der Waals surface area contributed by atoms with Gasteiger partial charge in [0.25, 0.3) is 5.82 Å². The highest BCUT2D eigenvalue weighted by Crippen LogP contribution is 2.10. The quantitative estimate of drug-likeness (QED) is 0.521. The Morgan fingerprint density at radius 1 is 1.45 bits per heavy atom. The molecule has 0 unspecified atom stereocenters. The van der Waals surface area contributed by atoms with Crippen LogP contribution in [0.5, 0.6) is 0 Å². The van der Waals surface area contributed by atoms with Gasteiger partial charge in [0.05, 0.1) is 18.6 Å². The molecule has 11 heavy (non-hydrogen) atoms. The topological polar surface area (TPSA) is 30.2 Å². The van der Waals surface area contributed by atoms with Gasteiger partial charge in [-0.15, -0.1) is 0 Å². The molecular weight excluding hydrogens is 208 g/mol. The molecule has 0 saturated carbocycles. The largest absolute Gasteiger partial charge is 0.711 e. The summed E-state index contributed by atoms with van der Waals surface area (Å²) in [6.07, 6.45) is 1.48. The summed E-state index contributed by atoms with van der Waals surface area (Å²) < 4.78 is 1.61. The summed E-state index contributed by atoms with van der Waals surface area (Å²) in [6.45, 7) is 0. The van der Waals surface area contributed by atoms with Crippen LogP contribution in [-0.4, -0.2) is 14.1 Å². The zero-order valence-electron chi connectivity index (χ0n) is 6.41. The fourth-order valence-corrected chi connectivity index (χ4v) is 1.11. The molecule has 0 aliphatic heterocycles. The van der Waals surface area contributed by atoms with Gasteiger partial charge in [-0.1, -0.05) is 0 Å². The third-order valence-electron chi connectivity index (χ3n) is 1.32. The fraction of sp³-hybridized carbons (Fsp3) is 0.286. The summed E-state index contributed by atoms with van der Waals surface area (Å²) >= 11 is 3.21. The third kappa shape index (κ3) is 1.83. The second kappa shape index (κ2) is 3.09. The second-order valence-corrected chi connectivity index (χ2v) is 3.34. The highest BCUT2D eigenvalue weighted by molar-refractivity contribution is 9.10. The van der Waals surface area contributed by atoms with Crippen LogP contribution in [0.3, 0.4) is 0 Å². The molecule has 0 amide bonds. The van der Waals surface area contributed by atoms with E-state index < -0.39 is 0 Å². The minimum atomic E-state index is 0.633. The molecule has 1 aromatic heterocycles. The predicted molar refractivity (Wildman–Crippen MR) is 47.4 cm³/mol. The standard InChI is InChI=1S/C7H9BrN2O/c1-9(2)7-4-3-6(8)5-10(7)11/h3-5H,1-2H3. The van der Waals surface area contributed by atoms with Crippen molar-refractivity contribution in [2.24, 2.45) is 0 Å². The first-order chi connectivity index (χ1) is 5.11. The maximum atomic E-state index is 11.1. The molecule has 0 bridgehead atoms. The lowest BCUT2D eigenvalue weighted by molar-refractivity contribution is -0.592. The molecule has 0 aromatic carbocycles. The van der Waals surface area contributed by atoms with E-state index in [2.05, 4.69) is 15.9 Å². The maximum absolute atomic E-state index is 11.1. The highest BCUT2D eigenvalue weighted by atomic mass is 79.9. The van der Waals surface area contributed by atoms with Crippen molar-refractivity contribution in [3.05, 3.63) is 28.0 Å². The monoisotopic (exact) mass is 216 g/mol. The first-order valence-electron chi connectivity index (χ1n) is 3.17. The van der Waals surface area contributed by atoms with Crippen molar-refractivity contribution in [1.82, 2.24) is 0 Å². The van der Waals surface area contributed by atoms with Gasteiger partial charge in [0.1, 0.15) is 6.20 Å². The van der Waals surface area contributed by atoms with E-state index in [1.807, 2.05) is 20.2 Å². The lowest BCUT2D eigenvalue weighted by Crippen LogP contribution is -2.33. The van der Waals surface area contributed by atoms with Crippen molar-refractivity contribution in [1.29, 1.82) is 0 Å². The molecule has 0 radical (unpaired) electrons. The van der Waals surface area contributed by atoms with Gasteiger partial charge in [-0.3, -0.25) is 4.90 Å². The minimum Gasteiger partial charge on any atom is -0.711 e. The van der Waals surface area contributed by atoms with Gasteiger partial charge in [-0.2, -0.15) is 0 Å². The van der Waals surface area contributed by atoms with Crippen LogP contribution < -0.4 is 9.63 Å². The average Bonchev–Trinajstić information content (AvgIpc) is 1.85. The molecule has 3 nitrogen and oxygen atoms in total. The highest BCUT2D eigenvalue weighted by Gasteiger charge is 2.04. The third-order valence-corrected chi connectivity index (χ3v) is 1.79. The molecule has 60 valence electrons. The van der Waals surface area contributed by atoms with Crippen LogP contribution in [0.1, 0.15) is 0 Å². The molecule has 0 saturated heterocycles. The van der Waals surface area contributed by atoms with Crippen LogP contribution in [0, 0.1) is 5.21 Å². The second-order valence-electron chi connectivity index (χ2n) is 2.43. The number of aromatic nitrogens is 1. The van der Waals surface area contributed by atoms with Gasteiger partial charge in [0.2, 0.25) is 0 Å². The smallest absolute Gasteiger partial charge is 0.279 e. The van der Waals surface area contributed by atoms with Crippen LogP contribution >= 0.6 is 15.9 Å². The van der Waals surface area contributed by atoms with E-state index in [4.69, 9.17) is 0 Å². The lowest BCUT2D eigenvalue weighted by atomic mass is 10.4. The Kier molecular flexibility index (Phi) is 2.34. The summed E-state index contributed by atoms with van der Waals surface area (Å²) in [4.78, 5) is 1.76. The van der Waals surface area contributed by atoms with E-state index in [0.717, 1.165) is 9.20 Å². The zero-order chi connectivity index (χ0) is 8.43. The van der Waals surface area contributed by atoms with Crippen molar-refractivity contribution < 1.29 is 4.73 Å². The van der Waals surface area contributed by atoms with Gasteiger partial charge in [0.15, 0.2) is 0 Å². The van der Waals surface area contributed by atoms with Crippen molar-refractivity contribution in [2.75, 3.05) is 19.0 Å². The van der Waals surface area contributed by atoms with Crippen LogP contribution in [0.25, 0.3) is 0 Å². The number of halogens is 1. The molecule has 0 N–H and O–H groups in total. The Morgan fingerprint density at radius 3 is 2.55 bits per heavy atom. The number of hydrogen-bond acceptors (Lipinski definition) is 2. The average molecular weight is 217 g/mol. The van der Waals surface area contributed by atoms with E-state index in [1.165, 1.54) is 6.20 Å². The first kappa shape index (κ1) is 8.33. The predicted octanol–water partition coefficient (Wildman–Crippen LogP) is 1.15. The molecule has 0 aliphatic carbocycles. The van der Waals surface area contributed by atoms with Crippen molar-refractivity contribution in [3.63, 3.8) is 0 Å². The van der Waals surface area contributed by atoms with Crippen molar-refractivity contribution in [3.8, 4) is 0 Å². The Bertz CT molecular complexity index is 263. The first-order valence-corrected chi connectivity index (χ1v) is 3.96. The summed E-state index contributed by atoms with van der Waals surface area (Å²) in [7, 11) is 3.66. The van der Waals surface area contributed by atoms with Crippen molar-refractivity contribution >= 4 is 21.7 Å². The van der Waals surface area contributed by atoms with Gasteiger partial charge in [0, 0.05) is 6.07 Å². The van der Waals surface area contributed by atoms with Gasteiger partial charge < -0.3 is 5.21 Å². The summed E-state index contributed by atoms with van der Waals surface area (Å²) in [5, 5.41) is 11.1. The molecule has 4 heteroatoms. The normalized spacial score (nSPS) is 9.73. The SMILES string of the molecule is CN(C)c1ccc(Br)c[n+]1[O-]. The Balaban J connectivity index is 3.09. The van der Waals surface area contributed by atoms with Crippen LogP contribution in [0.4, 0.5) is 5.82 Å². The van der Waals surface area contributed by atoms with E-state index in [1.54, 1.807) is 11.0 Å². The lowest BCUT2D eigenvalue weighted by Gasteiger charge is -2.12. The Morgan fingerprint density at radius 2 is 2.09 bits per heavy atom. The summed E-state index contributed by atoms with van der Waals surface area (Å²) in [5.41, 5.74) is 0. The van der Waals surface area contributed by atoms with Gasteiger partial charge in [-0.25, -0.2) is 4.73 Å². The van der Waals surface area contributed by atoms with Crippen LogP contribution in [-0.2, 0) is 0 Å². The van der Waals surface area contributed by atoms with E-state index >= 15 is 0 Å². The van der Waals surface area contributed by atoms with E-state index in [-0.39, 0.29) is 0 Å². The fourth-order valence-electron chi connectivity index (χ4n) is 0.795. The summed E-state index contributed by atoms with van der Waals surface area (Å²) in [5.74, 6) is 0.633. The number of rotatable bonds is 1. The number of hydrogen-bond donors (Lipinski definition) is 0. The molecule has 0 atom stereocenters. The molecular formula is C7H9BrN2O. The minimum absolute atomic E-state index is 0.633. The molecule has 0 fully saturated rings. The van der Waals surface area contributed by atoms with Gasteiger partial charge >= 0.3 is 0 Å². The number of anilines is 1. The maximum Gasteiger partial charge on any atom is 0.279 e. The Hall–Kier alpha value is -0.770. The number of nitrogens with zero attached hydrogens (tertiary/aromatic N) is 2. The van der Waals surface area contributed by atoms with E-state index in [0.29, 0.717) is 5.82 Å². The molecule has 1 heterocycles. The molecule has 0 aliphatic rings.